The van der Waals surface area contributed by atoms with E-state index in [0.717, 1.165) is 6.42 Å². The van der Waals surface area contributed by atoms with Gasteiger partial charge in [0.25, 0.3) is 5.91 Å². The van der Waals surface area contributed by atoms with Crippen molar-refractivity contribution in [3.63, 3.8) is 0 Å². The average molecular weight is 572 g/mol. The van der Waals surface area contributed by atoms with Crippen molar-refractivity contribution in [2.45, 2.75) is 63.7 Å². The fraction of sp³-hybridized carbons (Fsp3) is 0.581. The molecule has 3 aliphatic rings. The molecule has 3 aliphatic heterocycles. The van der Waals surface area contributed by atoms with Gasteiger partial charge in [-0.2, -0.15) is 0 Å². The molecule has 9 heteroatoms. The summed E-state index contributed by atoms with van der Waals surface area (Å²) in [6, 6.07) is 6.15. The Morgan fingerprint density at radius 1 is 1.20 bits per heavy atom. The maximum Gasteiger partial charge on any atom is 0.253 e. The molecule has 40 heavy (non-hydrogen) atoms. The summed E-state index contributed by atoms with van der Waals surface area (Å²) in [5.74, 6) is -2.24. The van der Waals surface area contributed by atoms with Gasteiger partial charge in [-0.15, -0.1) is 13.2 Å². The van der Waals surface area contributed by atoms with Gasteiger partial charge in [0, 0.05) is 32.8 Å². The first-order valence-electron chi connectivity index (χ1n) is 14.3. The number of ether oxygens (including phenoxy) is 1. The van der Waals surface area contributed by atoms with E-state index >= 15 is 0 Å². The van der Waals surface area contributed by atoms with Gasteiger partial charge in [0.05, 0.1) is 28.1 Å². The molecule has 3 fully saturated rings. The molecule has 2 bridgehead atoms. The highest BCUT2D eigenvalue weighted by Gasteiger charge is 2.80. The number of nitrogens with zero attached hydrogens (tertiary/aromatic N) is 3. The third-order valence-electron chi connectivity index (χ3n) is 9.00. The molecule has 1 N–H and O–H groups in total. The van der Waals surface area contributed by atoms with E-state index in [2.05, 4.69) is 13.2 Å². The molecule has 218 valence electrons. The van der Waals surface area contributed by atoms with Crippen LogP contribution in [0.5, 0.6) is 0 Å². The number of unbranched alkanes of at least 4 members (excludes halogenated alkanes) is 1. The van der Waals surface area contributed by atoms with Crippen LogP contribution in [-0.4, -0.2) is 82.7 Å². The molecule has 3 saturated heterocycles. The maximum absolute atomic E-state index is 14.6. The molecule has 3 heterocycles. The van der Waals surface area contributed by atoms with Crippen molar-refractivity contribution in [2.75, 3.05) is 37.7 Å². The summed E-state index contributed by atoms with van der Waals surface area (Å²) in [5.41, 5.74) is -1.53. The minimum atomic E-state index is -1.16. The zero-order chi connectivity index (χ0) is 29.2. The summed E-state index contributed by atoms with van der Waals surface area (Å²) in [6.07, 6.45) is 5.59. The predicted octanol–water partition coefficient (Wildman–Crippen LogP) is 4.07. The molecule has 8 nitrogen and oxygen atoms in total. The second kappa shape index (κ2) is 12.0. The third kappa shape index (κ3) is 4.78. The lowest BCUT2D eigenvalue weighted by atomic mass is 9.62. The molecule has 4 rings (SSSR count). The number of benzene rings is 1. The van der Waals surface area contributed by atoms with Crippen LogP contribution in [0.1, 0.15) is 46.5 Å². The smallest absolute Gasteiger partial charge is 0.253 e. The number of fused-ring (bicyclic) bond motifs is 1. The highest BCUT2D eigenvalue weighted by Crippen LogP contribution is 2.65. The standard InChI is InChI=1S/C31H42ClN3O5/c1-6-15-33(16-7-2)27(37)24-25-28(38)35(18-11-12-19-36)26(31(25)20-21(4)30(24,5)40-31)29(39)34(17-8-3)23-14-10-9-13-22(23)32/h6,8-10,13-14,21,24-26,36H,1,3,7,11-12,15-20H2,2,4-5H3/t21?,24-,25+,26?,30+,31?/m1/s1. The number of carbonyl (C=O) groups is 3. The zero-order valence-corrected chi connectivity index (χ0v) is 24.6. The number of aliphatic hydroxyl groups excluding tert-OH is 1. The number of likely N-dealkylation sites (tertiary alicyclic amines) is 1. The normalized spacial score (nSPS) is 30.3. The van der Waals surface area contributed by atoms with Gasteiger partial charge in [-0.3, -0.25) is 14.4 Å². The number of anilines is 1. The Morgan fingerprint density at radius 2 is 1.90 bits per heavy atom. The van der Waals surface area contributed by atoms with Crippen LogP contribution in [0.2, 0.25) is 5.02 Å². The van der Waals surface area contributed by atoms with E-state index < -0.39 is 29.1 Å². The summed E-state index contributed by atoms with van der Waals surface area (Å²) in [6.45, 7) is 15.0. The summed E-state index contributed by atoms with van der Waals surface area (Å²) < 4.78 is 6.87. The fourth-order valence-electron chi connectivity index (χ4n) is 7.20. The molecule has 0 saturated carbocycles. The number of halogens is 1. The Morgan fingerprint density at radius 3 is 2.52 bits per heavy atom. The molecule has 0 aromatic heterocycles. The first-order chi connectivity index (χ1) is 19.1. The Hall–Kier alpha value is -2.68. The predicted molar refractivity (Wildman–Crippen MR) is 156 cm³/mol. The van der Waals surface area contributed by atoms with Gasteiger partial charge in [-0.1, -0.05) is 49.7 Å². The van der Waals surface area contributed by atoms with E-state index in [1.54, 1.807) is 45.1 Å². The molecule has 1 spiro atoms. The number of amides is 3. The minimum absolute atomic E-state index is 0.0162. The fourth-order valence-corrected chi connectivity index (χ4v) is 7.43. The Kier molecular flexibility index (Phi) is 9.12. The van der Waals surface area contributed by atoms with E-state index in [1.807, 2.05) is 26.8 Å². The molecular formula is C31H42ClN3O5. The number of para-hydroxylation sites is 1. The van der Waals surface area contributed by atoms with Crippen molar-refractivity contribution < 1.29 is 24.2 Å². The highest BCUT2D eigenvalue weighted by atomic mass is 35.5. The van der Waals surface area contributed by atoms with Gasteiger partial charge >= 0.3 is 0 Å². The number of aliphatic hydroxyl groups is 1. The molecule has 1 aromatic carbocycles. The number of hydrogen-bond acceptors (Lipinski definition) is 5. The highest BCUT2D eigenvalue weighted by molar-refractivity contribution is 6.34. The maximum atomic E-state index is 14.6. The van der Waals surface area contributed by atoms with Gasteiger partial charge in [0.1, 0.15) is 11.6 Å². The monoisotopic (exact) mass is 571 g/mol. The number of carbonyl (C=O) groups excluding carboxylic acids is 3. The first-order valence-corrected chi connectivity index (χ1v) is 14.7. The van der Waals surface area contributed by atoms with Crippen molar-refractivity contribution in [3.05, 3.63) is 54.6 Å². The molecule has 0 aliphatic carbocycles. The average Bonchev–Trinajstić information content (AvgIpc) is 3.43. The van der Waals surface area contributed by atoms with Crippen molar-refractivity contribution in [1.29, 1.82) is 0 Å². The summed E-state index contributed by atoms with van der Waals surface area (Å²) in [4.78, 5) is 48.0. The van der Waals surface area contributed by atoms with Gasteiger partial charge in [0.2, 0.25) is 11.8 Å². The second-order valence-electron chi connectivity index (χ2n) is 11.4. The van der Waals surface area contributed by atoms with E-state index in [0.29, 0.717) is 43.1 Å². The third-order valence-corrected chi connectivity index (χ3v) is 9.32. The minimum Gasteiger partial charge on any atom is -0.396 e. The van der Waals surface area contributed by atoms with Crippen LogP contribution in [0.25, 0.3) is 0 Å². The van der Waals surface area contributed by atoms with Crippen molar-refractivity contribution in [1.82, 2.24) is 9.80 Å². The number of hydrogen-bond donors (Lipinski definition) is 1. The Bertz CT molecular complexity index is 1160. The van der Waals surface area contributed by atoms with Gasteiger partial charge in [-0.25, -0.2) is 0 Å². The second-order valence-corrected chi connectivity index (χ2v) is 11.8. The van der Waals surface area contributed by atoms with Crippen LogP contribution < -0.4 is 4.90 Å². The molecule has 3 amide bonds. The molecule has 0 radical (unpaired) electrons. The lowest BCUT2D eigenvalue weighted by Gasteiger charge is -2.39. The van der Waals surface area contributed by atoms with Crippen LogP contribution in [0.15, 0.2) is 49.6 Å². The lowest BCUT2D eigenvalue weighted by molar-refractivity contribution is -0.151. The van der Waals surface area contributed by atoms with Crippen molar-refractivity contribution in [2.24, 2.45) is 17.8 Å². The first kappa shape index (κ1) is 30.3. The van der Waals surface area contributed by atoms with Crippen LogP contribution in [0, 0.1) is 17.8 Å². The van der Waals surface area contributed by atoms with E-state index in [1.165, 1.54) is 0 Å². The SMILES string of the molecule is C=CCN(CCC)C(=O)[C@H]1[C@H]2C(=O)N(CCCCO)C(C(=O)N(CC=C)c3ccccc3Cl)C23CC(C)[C@]1(C)O3. The van der Waals surface area contributed by atoms with E-state index in [9.17, 15) is 19.5 Å². The quantitative estimate of drug-likeness (QED) is 0.285. The van der Waals surface area contributed by atoms with Crippen LogP contribution in [-0.2, 0) is 19.1 Å². The largest absolute Gasteiger partial charge is 0.396 e. The zero-order valence-electron chi connectivity index (χ0n) is 23.9. The van der Waals surface area contributed by atoms with Crippen LogP contribution in [0.3, 0.4) is 0 Å². The Balaban J connectivity index is 1.83. The number of rotatable bonds is 13. The van der Waals surface area contributed by atoms with Gasteiger partial charge < -0.3 is 24.5 Å². The molecule has 3 unspecified atom stereocenters. The molecule has 1 aromatic rings. The van der Waals surface area contributed by atoms with E-state index in [4.69, 9.17) is 16.3 Å². The lowest BCUT2D eigenvalue weighted by Crippen LogP contribution is -2.57. The van der Waals surface area contributed by atoms with E-state index in [-0.39, 0.29) is 43.3 Å². The van der Waals surface area contributed by atoms with Crippen LogP contribution in [0.4, 0.5) is 5.69 Å². The Labute approximate surface area is 242 Å². The topological polar surface area (TPSA) is 90.4 Å². The summed E-state index contributed by atoms with van der Waals surface area (Å²) in [5, 5.41) is 9.85. The van der Waals surface area contributed by atoms with Crippen molar-refractivity contribution >= 4 is 35.0 Å². The van der Waals surface area contributed by atoms with Gasteiger partial charge in [-0.05, 0) is 50.7 Å². The summed E-state index contributed by atoms with van der Waals surface area (Å²) >= 11 is 6.54. The van der Waals surface area contributed by atoms with Crippen LogP contribution >= 0.6 is 11.6 Å². The molecule has 6 atom stereocenters. The summed E-state index contributed by atoms with van der Waals surface area (Å²) in [7, 11) is 0. The molecular weight excluding hydrogens is 530 g/mol. The van der Waals surface area contributed by atoms with Gasteiger partial charge in [0.15, 0.2) is 0 Å². The van der Waals surface area contributed by atoms with Crippen molar-refractivity contribution in [3.8, 4) is 0 Å².